The third-order valence-electron chi connectivity index (χ3n) is 6.17. The predicted molar refractivity (Wildman–Crippen MR) is 124 cm³/mol. The summed E-state index contributed by atoms with van der Waals surface area (Å²) in [5, 5.41) is 31.5. The van der Waals surface area contributed by atoms with E-state index in [9.17, 15) is 26.7 Å². The third kappa shape index (κ3) is 5.42. The highest BCUT2D eigenvalue weighted by Gasteiger charge is 2.36. The smallest absolute Gasteiger partial charge is 0.407 e. The number of nitrogens with two attached hydrogens (primary N) is 2. The number of benzene rings is 1. The number of tetrazole rings is 1. The van der Waals surface area contributed by atoms with Crippen molar-refractivity contribution in [3.63, 3.8) is 0 Å². The van der Waals surface area contributed by atoms with E-state index in [-0.39, 0.29) is 36.5 Å². The molecule has 0 radical (unpaired) electrons. The molecule has 198 valence electrons. The Morgan fingerprint density at radius 2 is 1.97 bits per heavy atom. The number of anilines is 1. The third-order valence-corrected chi connectivity index (χ3v) is 8.76. The fourth-order valence-corrected chi connectivity index (χ4v) is 7.03. The summed E-state index contributed by atoms with van der Waals surface area (Å²) in [5.74, 6) is -0.0106. The van der Waals surface area contributed by atoms with Gasteiger partial charge in [0.05, 0.1) is 17.7 Å². The van der Waals surface area contributed by atoms with Crippen LogP contribution >= 0.6 is 0 Å². The summed E-state index contributed by atoms with van der Waals surface area (Å²) >= 11 is 0. The number of aliphatic hydroxyl groups is 1. The lowest BCUT2D eigenvalue weighted by Crippen LogP contribution is -2.42. The molecule has 2 aromatic rings. The number of sulfonamides is 2. The summed E-state index contributed by atoms with van der Waals surface area (Å²) < 4.78 is 58.7. The normalized spacial score (nSPS) is 20.2. The van der Waals surface area contributed by atoms with E-state index in [1.807, 2.05) is 4.90 Å². The molecule has 0 saturated carbocycles. The molecule has 1 aromatic carbocycles. The van der Waals surface area contributed by atoms with Gasteiger partial charge in [-0.2, -0.15) is 5.21 Å². The van der Waals surface area contributed by atoms with Crippen LogP contribution in [0.15, 0.2) is 21.9 Å². The SMILES string of the molecule is NC[C@@H](O)CNS(=O)(=O)c1ccc(N2CCC(C3COC(=O)N3)CC2)c(-c2nn[nH]n2)c1S(N)(=O)=O. The molecule has 0 aliphatic carbocycles. The number of amides is 1. The van der Waals surface area contributed by atoms with Gasteiger partial charge in [0.15, 0.2) is 0 Å². The average Bonchev–Trinajstić information content (AvgIpc) is 3.53. The van der Waals surface area contributed by atoms with Crippen LogP contribution in [0.5, 0.6) is 0 Å². The first-order valence-electron chi connectivity index (χ1n) is 11.0. The molecule has 0 bridgehead atoms. The second-order valence-corrected chi connectivity index (χ2v) is 11.7. The number of aromatic nitrogens is 4. The number of rotatable bonds is 9. The molecule has 18 heteroatoms. The molecule has 2 atom stereocenters. The zero-order valence-electron chi connectivity index (χ0n) is 19.0. The second kappa shape index (κ2) is 10.2. The number of alkyl carbamates (subject to hydrolysis) is 1. The summed E-state index contributed by atoms with van der Waals surface area (Å²) in [7, 11) is -9.08. The van der Waals surface area contributed by atoms with Gasteiger partial charge in [0.2, 0.25) is 25.9 Å². The fourth-order valence-electron chi connectivity index (χ4n) is 4.36. The first-order chi connectivity index (χ1) is 17.0. The van der Waals surface area contributed by atoms with Crippen LogP contribution in [-0.2, 0) is 24.8 Å². The molecule has 4 rings (SSSR count). The van der Waals surface area contributed by atoms with Crippen LogP contribution in [-0.4, -0.2) is 93.6 Å². The van der Waals surface area contributed by atoms with E-state index in [1.165, 1.54) is 6.07 Å². The minimum atomic E-state index is -4.63. The number of carbonyl (C=O) groups is 1. The number of primary sulfonamides is 1. The minimum Gasteiger partial charge on any atom is -0.447 e. The van der Waals surface area contributed by atoms with Crippen LogP contribution in [0, 0.1) is 5.92 Å². The Labute approximate surface area is 206 Å². The van der Waals surface area contributed by atoms with Gasteiger partial charge in [-0.25, -0.2) is 31.5 Å². The monoisotopic (exact) mass is 545 g/mol. The van der Waals surface area contributed by atoms with Crippen molar-refractivity contribution < 1.29 is 31.5 Å². The van der Waals surface area contributed by atoms with Gasteiger partial charge in [-0.05, 0) is 36.1 Å². The molecular formula is C18H27N9O7S2. The van der Waals surface area contributed by atoms with Crippen molar-refractivity contribution in [1.29, 1.82) is 0 Å². The number of ether oxygens (including phenoxy) is 1. The highest BCUT2D eigenvalue weighted by atomic mass is 32.2. The quantitative estimate of drug-likeness (QED) is 0.190. The van der Waals surface area contributed by atoms with Gasteiger partial charge in [0.25, 0.3) is 0 Å². The lowest BCUT2D eigenvalue weighted by Gasteiger charge is -2.36. The van der Waals surface area contributed by atoms with Crippen molar-refractivity contribution in [3.8, 4) is 11.4 Å². The Balaban J connectivity index is 1.74. The Bertz CT molecular complexity index is 1310. The fraction of sp³-hybridized carbons (Fsp3) is 0.556. The molecule has 2 aliphatic rings. The number of aliphatic hydroxyl groups excluding tert-OH is 1. The molecule has 1 aromatic heterocycles. The van der Waals surface area contributed by atoms with Gasteiger partial charge in [0, 0.05) is 31.9 Å². The molecule has 36 heavy (non-hydrogen) atoms. The number of nitrogens with zero attached hydrogens (tertiary/aromatic N) is 4. The van der Waals surface area contributed by atoms with Crippen molar-refractivity contribution in [1.82, 2.24) is 30.7 Å². The van der Waals surface area contributed by atoms with Gasteiger partial charge >= 0.3 is 6.09 Å². The zero-order valence-corrected chi connectivity index (χ0v) is 20.6. The first kappa shape index (κ1) is 26.2. The molecule has 2 fully saturated rings. The molecule has 16 nitrogen and oxygen atoms in total. The number of nitrogens with one attached hydrogen (secondary N) is 3. The molecular weight excluding hydrogens is 518 g/mol. The van der Waals surface area contributed by atoms with Gasteiger partial charge in [-0.15, -0.1) is 10.2 Å². The summed E-state index contributed by atoms with van der Waals surface area (Å²) in [6.07, 6.45) is -0.318. The van der Waals surface area contributed by atoms with Crippen molar-refractivity contribution in [3.05, 3.63) is 12.1 Å². The Morgan fingerprint density at radius 3 is 2.53 bits per heavy atom. The first-order valence-corrected chi connectivity index (χ1v) is 14.0. The van der Waals surface area contributed by atoms with E-state index < -0.39 is 48.6 Å². The number of hydrogen-bond donors (Lipinski definition) is 6. The summed E-state index contributed by atoms with van der Waals surface area (Å²) in [5.41, 5.74) is 5.56. The van der Waals surface area contributed by atoms with Crippen LogP contribution < -0.4 is 25.8 Å². The van der Waals surface area contributed by atoms with Crippen LogP contribution in [0.4, 0.5) is 10.5 Å². The molecule has 2 aliphatic heterocycles. The van der Waals surface area contributed by atoms with E-state index in [0.717, 1.165) is 6.07 Å². The number of hydrogen-bond acceptors (Lipinski definition) is 12. The summed E-state index contributed by atoms with van der Waals surface area (Å²) in [6.45, 7) is 0.588. The summed E-state index contributed by atoms with van der Waals surface area (Å²) in [6, 6.07) is 2.47. The zero-order chi connectivity index (χ0) is 26.1. The minimum absolute atomic E-state index is 0.112. The Kier molecular flexibility index (Phi) is 7.43. The summed E-state index contributed by atoms with van der Waals surface area (Å²) in [4.78, 5) is 11.9. The molecule has 8 N–H and O–H groups in total. The topological polar surface area (TPSA) is 249 Å². The number of aromatic amines is 1. The second-order valence-electron chi connectivity index (χ2n) is 8.48. The van der Waals surface area contributed by atoms with Crippen molar-refractivity contribution in [2.75, 3.05) is 37.7 Å². The lowest BCUT2D eigenvalue weighted by atomic mass is 9.89. The molecule has 2 saturated heterocycles. The highest BCUT2D eigenvalue weighted by molar-refractivity contribution is 7.92. The van der Waals surface area contributed by atoms with E-state index in [0.29, 0.717) is 31.6 Å². The lowest BCUT2D eigenvalue weighted by molar-refractivity contribution is 0.174. The number of cyclic esters (lactones) is 1. The van der Waals surface area contributed by atoms with Gasteiger partial charge in [0.1, 0.15) is 16.4 Å². The van der Waals surface area contributed by atoms with Crippen molar-refractivity contribution in [2.24, 2.45) is 16.8 Å². The highest BCUT2D eigenvalue weighted by Crippen LogP contribution is 2.39. The number of H-pyrrole nitrogens is 1. The van der Waals surface area contributed by atoms with E-state index >= 15 is 0 Å². The maximum absolute atomic E-state index is 13.0. The Morgan fingerprint density at radius 1 is 1.25 bits per heavy atom. The predicted octanol–water partition coefficient (Wildman–Crippen LogP) is -2.56. The van der Waals surface area contributed by atoms with Gasteiger partial charge < -0.3 is 25.8 Å². The van der Waals surface area contributed by atoms with Crippen LogP contribution in [0.25, 0.3) is 11.4 Å². The maximum atomic E-state index is 13.0. The number of carbonyl (C=O) groups excluding carboxylic acids is 1. The van der Waals surface area contributed by atoms with E-state index in [2.05, 4.69) is 30.7 Å². The maximum Gasteiger partial charge on any atom is 0.407 e. The average molecular weight is 546 g/mol. The van der Waals surface area contributed by atoms with Crippen molar-refractivity contribution >= 4 is 31.8 Å². The molecule has 1 unspecified atom stereocenters. The van der Waals surface area contributed by atoms with E-state index in [4.69, 9.17) is 15.6 Å². The van der Waals surface area contributed by atoms with Gasteiger partial charge in [-0.3, -0.25) is 0 Å². The standard InChI is InChI=1S/C18H27N9O7S2/c19-7-11(28)8-21-36(32,33)14-2-1-13(15(16(14)35(20,30)31)17-23-25-26-24-17)27-5-3-10(4-6-27)12-9-34-18(29)22-12/h1-2,10-12,21,28H,3-9,19H2,(H,22,29)(H2,20,30,31)(H,23,24,25,26)/t11-,12?/m1/s1. The van der Waals surface area contributed by atoms with Crippen LogP contribution in [0.1, 0.15) is 12.8 Å². The van der Waals surface area contributed by atoms with Crippen LogP contribution in [0.2, 0.25) is 0 Å². The number of piperidine rings is 1. The Hall–Kier alpha value is -2.90. The van der Waals surface area contributed by atoms with Gasteiger partial charge in [-0.1, -0.05) is 0 Å². The molecule has 3 heterocycles. The molecule has 1 amide bonds. The van der Waals surface area contributed by atoms with E-state index in [1.54, 1.807) is 0 Å². The largest absolute Gasteiger partial charge is 0.447 e. The van der Waals surface area contributed by atoms with Crippen LogP contribution in [0.3, 0.4) is 0 Å². The molecule has 0 spiro atoms. The van der Waals surface area contributed by atoms with Crippen molar-refractivity contribution in [2.45, 2.75) is 34.8 Å².